The highest BCUT2D eigenvalue weighted by molar-refractivity contribution is 7.53. The molecule has 4 N–H and O–H groups in total. The van der Waals surface area contributed by atoms with E-state index in [1.165, 1.54) is 6.07 Å². The van der Waals surface area contributed by atoms with Crippen molar-refractivity contribution in [1.82, 2.24) is 0 Å². The summed E-state index contributed by atoms with van der Waals surface area (Å²) in [7, 11) is -4.75. The Morgan fingerprint density at radius 2 is 1.69 bits per heavy atom. The molecular formula is C20H21O8P. The van der Waals surface area contributed by atoms with E-state index in [-0.39, 0.29) is 41.1 Å². The lowest BCUT2D eigenvalue weighted by Gasteiger charge is -2.33. The molecule has 8 nitrogen and oxygen atoms in total. The van der Waals surface area contributed by atoms with E-state index in [0.717, 1.165) is 6.07 Å². The van der Waals surface area contributed by atoms with Crippen LogP contribution in [0, 0.1) is 0 Å². The van der Waals surface area contributed by atoms with Crippen molar-refractivity contribution in [2.24, 2.45) is 0 Å². The van der Waals surface area contributed by atoms with Crippen LogP contribution in [0.15, 0.2) is 51.7 Å². The first-order chi connectivity index (χ1) is 13.6. The summed E-state index contributed by atoms with van der Waals surface area (Å²) in [6, 6.07) is 10.7. The summed E-state index contributed by atoms with van der Waals surface area (Å²) in [5.41, 5.74) is -0.484. The number of fused-ring (bicyclic) bond motifs is 1. The Bertz CT molecular complexity index is 1140. The third-order valence-electron chi connectivity index (χ3n) is 4.89. The van der Waals surface area contributed by atoms with Crippen molar-refractivity contribution < 1.29 is 33.7 Å². The number of phenols is 1. The van der Waals surface area contributed by atoms with Crippen LogP contribution in [0.25, 0.3) is 22.3 Å². The molecule has 1 aromatic heterocycles. The highest BCUT2D eigenvalue weighted by Crippen LogP contribution is 2.55. The molecule has 0 aliphatic heterocycles. The number of benzene rings is 2. The summed E-state index contributed by atoms with van der Waals surface area (Å²) in [5, 5.41) is 18.4. The maximum Gasteiger partial charge on any atom is 0.368 e. The Balaban J connectivity index is 2.29. The van der Waals surface area contributed by atoms with Gasteiger partial charge in [-0.15, -0.1) is 0 Å². The maximum atomic E-state index is 12.9. The second kappa shape index (κ2) is 7.55. The van der Waals surface area contributed by atoms with E-state index in [9.17, 15) is 29.4 Å². The Labute approximate surface area is 166 Å². The molecule has 0 saturated heterocycles. The lowest BCUT2D eigenvalue weighted by atomic mass is 10.1. The number of phenolic OH excluding ortho intramolecular Hbond substituents is 1. The van der Waals surface area contributed by atoms with Gasteiger partial charge >= 0.3 is 7.60 Å². The van der Waals surface area contributed by atoms with Crippen LogP contribution < -0.4 is 10.2 Å². The molecule has 0 aliphatic rings. The van der Waals surface area contributed by atoms with Crippen molar-refractivity contribution in [3.05, 3.63) is 52.7 Å². The van der Waals surface area contributed by atoms with Crippen LogP contribution in [0.1, 0.15) is 26.7 Å². The third kappa shape index (κ3) is 3.62. The standard InChI is InChI=1S/C20H21O8P/c1-3-20(4-2,29(24,25)26)28-15-11-13(21)10-14-16(15)17(22)18(23)19(27-14)12-8-6-5-7-9-12/h5-11,21,23H,3-4H2,1-2H3,(H2,24,25,26). The van der Waals surface area contributed by atoms with E-state index in [4.69, 9.17) is 9.15 Å². The lowest BCUT2D eigenvalue weighted by Crippen LogP contribution is -2.34. The van der Waals surface area contributed by atoms with Gasteiger partial charge in [-0.25, -0.2) is 0 Å². The van der Waals surface area contributed by atoms with Gasteiger partial charge in [-0.05, 0) is 12.8 Å². The van der Waals surface area contributed by atoms with Gasteiger partial charge in [0.1, 0.15) is 22.5 Å². The Morgan fingerprint density at radius 3 is 2.24 bits per heavy atom. The van der Waals surface area contributed by atoms with Gasteiger partial charge in [0.05, 0.1) is 0 Å². The number of hydrogen-bond donors (Lipinski definition) is 4. The Kier molecular flexibility index (Phi) is 5.45. The second-order valence-corrected chi connectivity index (χ2v) is 8.49. The van der Waals surface area contributed by atoms with E-state index in [0.29, 0.717) is 5.56 Å². The van der Waals surface area contributed by atoms with E-state index >= 15 is 0 Å². The molecule has 3 aromatic rings. The molecular weight excluding hydrogens is 399 g/mol. The summed E-state index contributed by atoms with van der Waals surface area (Å²) in [6.07, 6.45) is -0.102. The summed E-state index contributed by atoms with van der Waals surface area (Å²) in [4.78, 5) is 32.5. The predicted molar refractivity (Wildman–Crippen MR) is 107 cm³/mol. The van der Waals surface area contributed by atoms with Crippen molar-refractivity contribution in [3.63, 3.8) is 0 Å². The quantitative estimate of drug-likeness (QED) is 0.440. The van der Waals surface area contributed by atoms with Crippen molar-refractivity contribution >= 4 is 18.6 Å². The molecule has 9 heteroatoms. The molecule has 0 unspecified atom stereocenters. The average Bonchev–Trinajstić information content (AvgIpc) is 2.68. The molecule has 0 aliphatic carbocycles. The predicted octanol–water partition coefficient (Wildman–Crippen LogP) is 3.94. The van der Waals surface area contributed by atoms with Gasteiger partial charge in [0.25, 0.3) is 0 Å². The minimum atomic E-state index is -4.75. The first-order valence-corrected chi connectivity index (χ1v) is 10.6. The average molecular weight is 420 g/mol. The Hall–Kier alpha value is -2.80. The van der Waals surface area contributed by atoms with Gasteiger partial charge in [-0.1, -0.05) is 44.2 Å². The second-order valence-electron chi connectivity index (χ2n) is 6.59. The van der Waals surface area contributed by atoms with Crippen LogP contribution in [0.4, 0.5) is 0 Å². The highest BCUT2D eigenvalue weighted by atomic mass is 31.2. The largest absolute Gasteiger partial charge is 0.508 e. The Morgan fingerprint density at radius 1 is 1.07 bits per heavy atom. The maximum absolute atomic E-state index is 12.9. The molecule has 0 amide bonds. The van der Waals surface area contributed by atoms with Crippen molar-refractivity contribution in [2.45, 2.75) is 32.0 Å². The zero-order chi connectivity index (χ0) is 21.4. The van der Waals surface area contributed by atoms with E-state index < -0.39 is 24.1 Å². The molecule has 29 heavy (non-hydrogen) atoms. The minimum absolute atomic E-state index is 0.0512. The number of aromatic hydroxyl groups is 2. The summed E-state index contributed by atoms with van der Waals surface area (Å²) in [5.74, 6) is -1.37. The summed E-state index contributed by atoms with van der Waals surface area (Å²) < 4.78 is 23.4. The minimum Gasteiger partial charge on any atom is -0.508 e. The molecule has 154 valence electrons. The third-order valence-corrected chi connectivity index (χ3v) is 6.68. The van der Waals surface area contributed by atoms with Crippen LogP contribution in [0.2, 0.25) is 0 Å². The normalized spacial score (nSPS) is 12.3. The van der Waals surface area contributed by atoms with Crippen molar-refractivity contribution in [3.8, 4) is 28.6 Å². The number of rotatable bonds is 6. The SMILES string of the molecule is CCC(CC)(Oc1cc(O)cc2oc(-c3ccccc3)c(O)c(=O)c12)P(=O)(O)O. The molecule has 0 radical (unpaired) electrons. The lowest BCUT2D eigenvalue weighted by molar-refractivity contribution is 0.110. The molecule has 0 atom stereocenters. The van der Waals surface area contributed by atoms with Crippen LogP contribution in [-0.4, -0.2) is 25.3 Å². The monoisotopic (exact) mass is 420 g/mol. The fraction of sp³-hybridized carbons (Fsp3) is 0.250. The van der Waals surface area contributed by atoms with E-state index in [1.807, 2.05) is 0 Å². The van der Waals surface area contributed by atoms with Gasteiger partial charge in [0, 0.05) is 17.7 Å². The van der Waals surface area contributed by atoms with Gasteiger partial charge in [-0.3, -0.25) is 9.36 Å². The van der Waals surface area contributed by atoms with E-state index in [1.54, 1.807) is 44.2 Å². The molecule has 1 heterocycles. The molecule has 3 rings (SSSR count). The van der Waals surface area contributed by atoms with Crippen LogP contribution in [0.5, 0.6) is 17.2 Å². The molecule has 0 spiro atoms. The molecule has 0 bridgehead atoms. The van der Waals surface area contributed by atoms with Crippen molar-refractivity contribution in [1.29, 1.82) is 0 Å². The van der Waals surface area contributed by atoms with Gasteiger partial charge < -0.3 is 29.2 Å². The molecule has 2 aromatic carbocycles. The number of hydrogen-bond acceptors (Lipinski definition) is 6. The first kappa shape index (κ1) is 20.9. The summed E-state index contributed by atoms with van der Waals surface area (Å²) >= 11 is 0. The van der Waals surface area contributed by atoms with Crippen molar-refractivity contribution in [2.75, 3.05) is 0 Å². The zero-order valence-electron chi connectivity index (χ0n) is 15.8. The van der Waals surface area contributed by atoms with Gasteiger partial charge in [-0.2, -0.15) is 0 Å². The fourth-order valence-electron chi connectivity index (χ4n) is 3.20. The highest BCUT2D eigenvalue weighted by Gasteiger charge is 2.47. The zero-order valence-corrected chi connectivity index (χ0v) is 16.7. The van der Waals surface area contributed by atoms with E-state index in [2.05, 4.69) is 0 Å². The molecule has 0 saturated carbocycles. The van der Waals surface area contributed by atoms with Gasteiger partial charge in [0.15, 0.2) is 5.76 Å². The first-order valence-electron chi connectivity index (χ1n) is 8.96. The summed E-state index contributed by atoms with van der Waals surface area (Å²) in [6.45, 7) is 3.09. The smallest absolute Gasteiger partial charge is 0.368 e. The molecule has 0 fully saturated rings. The van der Waals surface area contributed by atoms with Crippen LogP contribution in [0.3, 0.4) is 0 Å². The number of ether oxygens (including phenoxy) is 1. The topological polar surface area (TPSA) is 137 Å². The van der Waals surface area contributed by atoms with Gasteiger partial charge in [0.2, 0.25) is 16.5 Å². The van der Waals surface area contributed by atoms with Crippen LogP contribution in [-0.2, 0) is 4.57 Å². The van der Waals surface area contributed by atoms with Crippen LogP contribution >= 0.6 is 7.60 Å². The fourth-order valence-corrected chi connectivity index (χ4v) is 4.24.